The summed E-state index contributed by atoms with van der Waals surface area (Å²) >= 11 is 11.5. The molecule has 2 N–H and O–H groups in total. The highest BCUT2D eigenvalue weighted by Crippen LogP contribution is 2.29. The number of nitrogens with one attached hydrogen (secondary N) is 2. The van der Waals surface area contributed by atoms with Gasteiger partial charge in [0, 0.05) is 28.5 Å². The van der Waals surface area contributed by atoms with Crippen LogP contribution in [-0.4, -0.2) is 19.9 Å². The third-order valence-corrected chi connectivity index (χ3v) is 4.90. The minimum atomic E-state index is 0.450. The number of hydrogen-bond acceptors (Lipinski definition) is 5. The van der Waals surface area contributed by atoms with Gasteiger partial charge in [0.2, 0.25) is 4.77 Å². The van der Waals surface area contributed by atoms with E-state index in [1.165, 1.54) is 0 Å². The average molecular weight is 398 g/mol. The molecule has 0 spiro atoms. The maximum Gasteiger partial charge on any atom is 0.214 e. The molecule has 0 unspecified atom stereocenters. The minimum Gasteiger partial charge on any atom is -0.459 e. The number of benzene rings is 1. The van der Waals surface area contributed by atoms with E-state index in [0.717, 1.165) is 33.2 Å². The number of furan rings is 1. The fourth-order valence-electron chi connectivity index (χ4n) is 2.79. The summed E-state index contributed by atoms with van der Waals surface area (Å²) in [5.74, 6) is 2.23. The number of H-pyrrole nitrogens is 1. The van der Waals surface area contributed by atoms with Crippen LogP contribution in [-0.2, 0) is 6.54 Å². The molecule has 0 amide bonds. The van der Waals surface area contributed by atoms with E-state index in [1.807, 2.05) is 49.4 Å². The molecule has 1 aromatic carbocycles. The van der Waals surface area contributed by atoms with Crippen LogP contribution in [0.25, 0.3) is 22.7 Å². The predicted octanol–water partition coefficient (Wildman–Crippen LogP) is 4.97. The van der Waals surface area contributed by atoms with Gasteiger partial charge in [-0.25, -0.2) is 9.77 Å². The number of rotatable bonds is 5. The van der Waals surface area contributed by atoms with Gasteiger partial charge in [-0.1, -0.05) is 23.7 Å². The second-order valence-corrected chi connectivity index (χ2v) is 6.73. The Hall–Kier alpha value is -2.90. The Bertz CT molecular complexity index is 1130. The van der Waals surface area contributed by atoms with Gasteiger partial charge in [0.1, 0.15) is 11.5 Å². The van der Waals surface area contributed by atoms with Crippen molar-refractivity contribution >= 4 is 23.8 Å². The van der Waals surface area contributed by atoms with Crippen molar-refractivity contribution in [1.82, 2.24) is 19.9 Å². The van der Waals surface area contributed by atoms with Crippen molar-refractivity contribution in [2.45, 2.75) is 13.5 Å². The third-order valence-electron chi connectivity index (χ3n) is 4.22. The van der Waals surface area contributed by atoms with Crippen LogP contribution in [0.3, 0.4) is 0 Å². The first kappa shape index (κ1) is 17.5. The van der Waals surface area contributed by atoms with E-state index in [0.29, 0.717) is 17.1 Å². The molecule has 4 rings (SSSR count). The Morgan fingerprint density at radius 1 is 1.19 bits per heavy atom. The Morgan fingerprint density at radius 2 is 2.00 bits per heavy atom. The first-order valence-corrected chi connectivity index (χ1v) is 9.08. The number of aromatic nitrogens is 4. The van der Waals surface area contributed by atoms with E-state index in [4.69, 9.17) is 28.2 Å². The Labute approximate surface area is 165 Å². The van der Waals surface area contributed by atoms with Gasteiger partial charge in [0.05, 0.1) is 6.54 Å². The first-order valence-electron chi connectivity index (χ1n) is 8.29. The van der Waals surface area contributed by atoms with Crippen molar-refractivity contribution < 1.29 is 4.42 Å². The zero-order valence-electron chi connectivity index (χ0n) is 14.4. The lowest BCUT2D eigenvalue weighted by atomic mass is 10.1. The number of hydrogen-bond donors (Lipinski definition) is 2. The van der Waals surface area contributed by atoms with Crippen molar-refractivity contribution in [1.29, 1.82) is 0 Å². The van der Waals surface area contributed by atoms with Crippen LogP contribution in [0.15, 0.2) is 59.3 Å². The molecule has 0 saturated heterocycles. The lowest BCUT2D eigenvalue weighted by Gasteiger charge is -2.09. The quantitative estimate of drug-likeness (QED) is 0.465. The summed E-state index contributed by atoms with van der Waals surface area (Å²) in [6.07, 6.45) is 3.42. The van der Waals surface area contributed by atoms with E-state index in [9.17, 15) is 0 Å². The van der Waals surface area contributed by atoms with Gasteiger partial charge in [-0.2, -0.15) is 5.10 Å². The highest BCUT2D eigenvalue weighted by molar-refractivity contribution is 7.71. The van der Waals surface area contributed by atoms with Gasteiger partial charge in [0.25, 0.3) is 0 Å². The van der Waals surface area contributed by atoms with Crippen LogP contribution in [0.5, 0.6) is 0 Å². The minimum absolute atomic E-state index is 0.450. The van der Waals surface area contributed by atoms with Gasteiger partial charge >= 0.3 is 0 Å². The van der Waals surface area contributed by atoms with Crippen LogP contribution in [0.1, 0.15) is 11.3 Å². The maximum atomic E-state index is 6.21. The molecular weight excluding hydrogens is 382 g/mol. The lowest BCUT2D eigenvalue weighted by Crippen LogP contribution is -2.15. The van der Waals surface area contributed by atoms with Crippen molar-refractivity contribution in [3.8, 4) is 22.7 Å². The number of halogens is 1. The molecule has 27 heavy (non-hydrogen) atoms. The SMILES string of the molecule is Cc1c(Cl)cccc1-c1ccc(CNn2c(-c3ccncc3)n[nH]c2=S)o1. The first-order chi connectivity index (χ1) is 13.1. The smallest absolute Gasteiger partial charge is 0.214 e. The summed E-state index contributed by atoms with van der Waals surface area (Å²) in [6.45, 7) is 2.43. The monoisotopic (exact) mass is 397 g/mol. The Kier molecular flexibility index (Phi) is 4.79. The summed E-state index contributed by atoms with van der Waals surface area (Å²) < 4.78 is 8.17. The summed E-state index contributed by atoms with van der Waals surface area (Å²) in [5, 5.41) is 7.80. The Balaban J connectivity index is 1.56. The van der Waals surface area contributed by atoms with Crippen LogP contribution in [0.4, 0.5) is 0 Å². The van der Waals surface area contributed by atoms with Gasteiger partial charge in [-0.3, -0.25) is 4.98 Å². The molecule has 0 fully saturated rings. The van der Waals surface area contributed by atoms with Gasteiger partial charge in [-0.05, 0) is 55.0 Å². The zero-order valence-corrected chi connectivity index (χ0v) is 16.0. The molecule has 136 valence electrons. The van der Waals surface area contributed by atoms with Crippen molar-refractivity contribution in [3.63, 3.8) is 0 Å². The summed E-state index contributed by atoms with van der Waals surface area (Å²) in [7, 11) is 0. The van der Waals surface area contributed by atoms with Gasteiger partial charge < -0.3 is 9.84 Å². The van der Waals surface area contributed by atoms with Crippen LogP contribution in [0, 0.1) is 11.7 Å². The number of aromatic amines is 1. The molecule has 0 aliphatic carbocycles. The fourth-order valence-corrected chi connectivity index (χ4v) is 3.16. The topological polar surface area (TPSA) is 71.7 Å². The van der Waals surface area contributed by atoms with Crippen molar-refractivity contribution in [2.24, 2.45) is 0 Å². The second kappa shape index (κ2) is 7.38. The number of pyridine rings is 1. The van der Waals surface area contributed by atoms with Crippen LogP contribution in [0.2, 0.25) is 5.02 Å². The maximum absolute atomic E-state index is 6.21. The van der Waals surface area contributed by atoms with E-state index in [1.54, 1.807) is 17.1 Å². The van der Waals surface area contributed by atoms with E-state index < -0.39 is 0 Å². The zero-order chi connectivity index (χ0) is 18.8. The molecule has 6 nitrogen and oxygen atoms in total. The highest BCUT2D eigenvalue weighted by Gasteiger charge is 2.11. The van der Waals surface area contributed by atoms with Crippen LogP contribution >= 0.6 is 23.8 Å². The third kappa shape index (κ3) is 3.51. The van der Waals surface area contributed by atoms with E-state index in [2.05, 4.69) is 20.6 Å². The molecule has 8 heteroatoms. The predicted molar refractivity (Wildman–Crippen MR) is 108 cm³/mol. The molecule has 0 radical (unpaired) electrons. The molecule has 0 bridgehead atoms. The Morgan fingerprint density at radius 3 is 2.81 bits per heavy atom. The molecule has 0 aliphatic rings. The largest absolute Gasteiger partial charge is 0.459 e. The summed E-state index contributed by atoms with van der Waals surface area (Å²) in [5.41, 5.74) is 6.12. The number of nitrogens with zero attached hydrogens (tertiary/aromatic N) is 3. The molecule has 0 saturated carbocycles. The standard InChI is InChI=1S/C19H16ClN5OS/c1-12-15(3-2-4-16(12)20)17-6-5-14(26-17)11-22-25-18(23-24-19(25)27)13-7-9-21-10-8-13/h2-10,22H,11H2,1H3,(H,24,27). The average Bonchev–Trinajstić information content (AvgIpc) is 3.30. The molecular formula is C19H16ClN5OS. The van der Waals surface area contributed by atoms with Crippen molar-refractivity contribution in [2.75, 3.05) is 5.43 Å². The summed E-state index contributed by atoms with van der Waals surface area (Å²) in [6, 6.07) is 13.4. The van der Waals surface area contributed by atoms with Crippen molar-refractivity contribution in [3.05, 3.63) is 76.0 Å². The van der Waals surface area contributed by atoms with Gasteiger partial charge in [-0.15, -0.1) is 0 Å². The molecule has 3 heterocycles. The normalized spacial score (nSPS) is 10.9. The molecule has 3 aromatic heterocycles. The fraction of sp³-hybridized carbons (Fsp3) is 0.105. The summed E-state index contributed by atoms with van der Waals surface area (Å²) in [4.78, 5) is 4.03. The van der Waals surface area contributed by atoms with Gasteiger partial charge in [0.15, 0.2) is 5.82 Å². The molecule has 0 atom stereocenters. The van der Waals surface area contributed by atoms with E-state index >= 15 is 0 Å². The van der Waals surface area contributed by atoms with E-state index in [-0.39, 0.29) is 0 Å². The second-order valence-electron chi connectivity index (χ2n) is 5.94. The van der Waals surface area contributed by atoms with Crippen LogP contribution < -0.4 is 5.43 Å². The molecule has 0 aliphatic heterocycles. The lowest BCUT2D eigenvalue weighted by molar-refractivity contribution is 0.522. The highest BCUT2D eigenvalue weighted by atomic mass is 35.5. The molecule has 4 aromatic rings.